The molecule has 0 radical (unpaired) electrons. The first kappa shape index (κ1) is 12.2. The Kier molecular flexibility index (Phi) is 3.54. The van der Waals surface area contributed by atoms with Crippen molar-refractivity contribution in [3.05, 3.63) is 40.2 Å². The molecule has 0 aliphatic rings. The van der Waals surface area contributed by atoms with Gasteiger partial charge in [0.15, 0.2) is 0 Å². The third-order valence-electron chi connectivity index (χ3n) is 2.63. The van der Waals surface area contributed by atoms with Gasteiger partial charge in [0.2, 0.25) is 0 Å². The van der Waals surface area contributed by atoms with Crippen LogP contribution in [0.4, 0.5) is 4.39 Å². The lowest BCUT2D eigenvalue weighted by atomic mass is 10.1. The molecule has 1 heterocycles. The van der Waals surface area contributed by atoms with Crippen LogP contribution in [0.1, 0.15) is 16.1 Å². The molecule has 0 spiro atoms. The van der Waals surface area contributed by atoms with Crippen LogP contribution in [0.25, 0.3) is 10.6 Å². The Morgan fingerprint density at radius 3 is 2.76 bits per heavy atom. The highest BCUT2D eigenvalue weighted by Gasteiger charge is 2.09. The molecule has 0 aliphatic heterocycles. The minimum Gasteiger partial charge on any atom is -0.315 e. The molecule has 90 valence electrons. The second-order valence-corrected chi connectivity index (χ2v) is 5.11. The van der Waals surface area contributed by atoms with E-state index in [0.29, 0.717) is 5.56 Å². The molecule has 2 rings (SSSR count). The van der Waals surface area contributed by atoms with Gasteiger partial charge in [-0.1, -0.05) is 0 Å². The topological polar surface area (TPSA) is 24.9 Å². The third-order valence-corrected chi connectivity index (χ3v) is 3.84. The van der Waals surface area contributed by atoms with Gasteiger partial charge in [0.1, 0.15) is 10.8 Å². The third kappa shape index (κ3) is 2.53. The fourth-order valence-corrected chi connectivity index (χ4v) is 2.72. The van der Waals surface area contributed by atoms with Gasteiger partial charge in [0.25, 0.3) is 0 Å². The standard InChI is InChI=1S/C13H15FN2S/c1-8-6-10(4-5-11(8)14)13-16-9(2)12(17-13)7-15-3/h4-6,15H,7H2,1-3H3. The second kappa shape index (κ2) is 4.94. The van der Waals surface area contributed by atoms with Gasteiger partial charge in [0, 0.05) is 17.0 Å². The maximum atomic E-state index is 13.2. The molecule has 0 amide bonds. The zero-order valence-corrected chi connectivity index (χ0v) is 11.0. The molecule has 0 aliphatic carbocycles. The molecule has 2 aromatic rings. The van der Waals surface area contributed by atoms with Crippen LogP contribution in [0, 0.1) is 19.7 Å². The van der Waals surface area contributed by atoms with Crippen LogP contribution in [0.5, 0.6) is 0 Å². The normalized spacial score (nSPS) is 10.8. The number of thiazole rings is 1. The molecule has 0 fully saturated rings. The number of benzene rings is 1. The van der Waals surface area contributed by atoms with Gasteiger partial charge in [-0.05, 0) is 44.7 Å². The van der Waals surface area contributed by atoms with Gasteiger partial charge in [-0.2, -0.15) is 0 Å². The van der Waals surface area contributed by atoms with E-state index in [2.05, 4.69) is 10.3 Å². The summed E-state index contributed by atoms with van der Waals surface area (Å²) >= 11 is 1.66. The van der Waals surface area contributed by atoms with Gasteiger partial charge in [-0.15, -0.1) is 11.3 Å². The molecule has 0 atom stereocenters. The minimum atomic E-state index is -0.169. The van der Waals surface area contributed by atoms with Gasteiger partial charge >= 0.3 is 0 Å². The summed E-state index contributed by atoms with van der Waals surface area (Å²) in [6, 6.07) is 5.12. The Morgan fingerprint density at radius 2 is 2.12 bits per heavy atom. The average Bonchev–Trinajstić information content (AvgIpc) is 2.65. The predicted molar refractivity (Wildman–Crippen MR) is 69.7 cm³/mol. The lowest BCUT2D eigenvalue weighted by Gasteiger charge is -1.99. The fraction of sp³-hybridized carbons (Fsp3) is 0.308. The molecule has 1 aromatic heterocycles. The van der Waals surface area contributed by atoms with E-state index in [1.54, 1.807) is 24.3 Å². The summed E-state index contributed by atoms with van der Waals surface area (Å²) in [5.74, 6) is -0.169. The largest absolute Gasteiger partial charge is 0.315 e. The van der Waals surface area contributed by atoms with Crippen molar-refractivity contribution in [2.24, 2.45) is 0 Å². The monoisotopic (exact) mass is 250 g/mol. The summed E-state index contributed by atoms with van der Waals surface area (Å²) < 4.78 is 13.2. The molecule has 1 N–H and O–H groups in total. The highest BCUT2D eigenvalue weighted by Crippen LogP contribution is 2.28. The number of halogens is 1. The van der Waals surface area contributed by atoms with Gasteiger partial charge in [-0.3, -0.25) is 0 Å². The first-order chi connectivity index (χ1) is 8.11. The van der Waals surface area contributed by atoms with Crippen molar-refractivity contribution in [2.75, 3.05) is 7.05 Å². The van der Waals surface area contributed by atoms with Crippen LogP contribution in [0.3, 0.4) is 0 Å². The Morgan fingerprint density at radius 1 is 1.35 bits per heavy atom. The maximum absolute atomic E-state index is 13.2. The van der Waals surface area contributed by atoms with Crippen LogP contribution in [-0.2, 0) is 6.54 Å². The number of rotatable bonds is 3. The highest BCUT2D eigenvalue weighted by atomic mass is 32.1. The van der Waals surface area contributed by atoms with E-state index in [4.69, 9.17) is 0 Å². The van der Waals surface area contributed by atoms with E-state index in [1.807, 2.05) is 20.0 Å². The van der Waals surface area contributed by atoms with Crippen molar-refractivity contribution in [3.8, 4) is 10.6 Å². The lowest BCUT2D eigenvalue weighted by molar-refractivity contribution is 0.619. The van der Waals surface area contributed by atoms with Gasteiger partial charge < -0.3 is 5.32 Å². The predicted octanol–water partition coefficient (Wildman–Crippen LogP) is 3.29. The lowest BCUT2D eigenvalue weighted by Crippen LogP contribution is -2.04. The minimum absolute atomic E-state index is 0.169. The molecule has 0 saturated carbocycles. The summed E-state index contributed by atoms with van der Waals surface area (Å²) in [6.45, 7) is 4.60. The number of nitrogens with one attached hydrogen (secondary N) is 1. The van der Waals surface area contributed by atoms with Crippen molar-refractivity contribution in [1.82, 2.24) is 10.3 Å². The van der Waals surface area contributed by atoms with E-state index < -0.39 is 0 Å². The van der Waals surface area contributed by atoms with Crippen LogP contribution in [0.2, 0.25) is 0 Å². The number of aryl methyl sites for hydroxylation is 2. The van der Waals surface area contributed by atoms with Crippen molar-refractivity contribution >= 4 is 11.3 Å². The summed E-state index contributed by atoms with van der Waals surface area (Å²) in [6.07, 6.45) is 0. The summed E-state index contributed by atoms with van der Waals surface area (Å²) in [5.41, 5.74) is 2.69. The van der Waals surface area contributed by atoms with E-state index in [0.717, 1.165) is 22.8 Å². The Labute approximate surface area is 105 Å². The van der Waals surface area contributed by atoms with Crippen molar-refractivity contribution < 1.29 is 4.39 Å². The quantitative estimate of drug-likeness (QED) is 0.904. The number of hydrogen-bond donors (Lipinski definition) is 1. The molecule has 1 aromatic carbocycles. The first-order valence-corrected chi connectivity index (χ1v) is 6.31. The van der Waals surface area contributed by atoms with Crippen LogP contribution in [-0.4, -0.2) is 12.0 Å². The number of hydrogen-bond acceptors (Lipinski definition) is 3. The summed E-state index contributed by atoms with van der Waals surface area (Å²) in [4.78, 5) is 5.75. The average molecular weight is 250 g/mol. The SMILES string of the molecule is CNCc1sc(-c2ccc(F)c(C)c2)nc1C. The molecule has 0 bridgehead atoms. The smallest absolute Gasteiger partial charge is 0.126 e. The number of nitrogens with zero attached hydrogens (tertiary/aromatic N) is 1. The molecule has 0 saturated heterocycles. The first-order valence-electron chi connectivity index (χ1n) is 5.49. The zero-order chi connectivity index (χ0) is 12.4. The van der Waals surface area contributed by atoms with E-state index in [1.165, 1.54) is 10.9 Å². The van der Waals surface area contributed by atoms with E-state index in [9.17, 15) is 4.39 Å². The molecular formula is C13H15FN2S. The zero-order valence-electron chi connectivity index (χ0n) is 10.2. The van der Waals surface area contributed by atoms with Crippen molar-refractivity contribution in [1.29, 1.82) is 0 Å². The molecular weight excluding hydrogens is 235 g/mol. The van der Waals surface area contributed by atoms with Gasteiger partial charge in [0.05, 0.1) is 5.69 Å². The Hall–Kier alpha value is -1.26. The summed E-state index contributed by atoms with van der Waals surface area (Å²) in [5, 5.41) is 4.08. The van der Waals surface area contributed by atoms with Crippen LogP contribution < -0.4 is 5.32 Å². The van der Waals surface area contributed by atoms with Crippen molar-refractivity contribution in [3.63, 3.8) is 0 Å². The highest BCUT2D eigenvalue weighted by molar-refractivity contribution is 7.15. The van der Waals surface area contributed by atoms with E-state index in [-0.39, 0.29) is 5.82 Å². The summed E-state index contributed by atoms with van der Waals surface area (Å²) in [7, 11) is 1.92. The molecule has 4 heteroatoms. The maximum Gasteiger partial charge on any atom is 0.126 e. The van der Waals surface area contributed by atoms with Crippen LogP contribution in [0.15, 0.2) is 18.2 Å². The van der Waals surface area contributed by atoms with E-state index >= 15 is 0 Å². The number of aromatic nitrogens is 1. The van der Waals surface area contributed by atoms with Gasteiger partial charge in [-0.25, -0.2) is 9.37 Å². The molecule has 0 unspecified atom stereocenters. The fourth-order valence-electron chi connectivity index (χ4n) is 1.65. The van der Waals surface area contributed by atoms with Crippen LogP contribution >= 0.6 is 11.3 Å². The van der Waals surface area contributed by atoms with Crippen molar-refractivity contribution in [2.45, 2.75) is 20.4 Å². The Balaban J connectivity index is 2.39. The molecule has 17 heavy (non-hydrogen) atoms. The Bertz CT molecular complexity index is 534. The second-order valence-electron chi connectivity index (χ2n) is 4.02. The molecule has 2 nitrogen and oxygen atoms in total.